The molecule has 1 amide bonds. The van der Waals surface area contributed by atoms with E-state index >= 15 is 0 Å². The van der Waals surface area contributed by atoms with Crippen LogP contribution in [0.15, 0.2) is 11.4 Å². The Kier molecular flexibility index (Phi) is 8.00. The molecule has 2 N–H and O–H groups in total. The normalized spacial score (nSPS) is 12.8. The number of rotatable bonds is 8. The third-order valence-corrected chi connectivity index (χ3v) is 3.91. The summed E-state index contributed by atoms with van der Waals surface area (Å²) in [6, 6.07) is 2.10. The second kappa shape index (κ2) is 9.22. The minimum absolute atomic E-state index is 0.150. The first-order valence-corrected chi connectivity index (χ1v) is 8.53. The van der Waals surface area contributed by atoms with Crippen LogP contribution in [0.25, 0.3) is 0 Å². The average Bonchev–Trinajstić information content (AvgIpc) is 2.78. The highest BCUT2D eigenvalue weighted by molar-refractivity contribution is 7.15. The molecular weight excluding hydrogens is 324 g/mol. The van der Waals surface area contributed by atoms with Crippen LogP contribution in [-0.4, -0.2) is 38.0 Å². The van der Waals surface area contributed by atoms with Gasteiger partial charge in [0, 0.05) is 19.7 Å². The molecule has 126 valence electrons. The monoisotopic (exact) mass is 348 g/mol. The predicted octanol–water partition coefficient (Wildman–Crippen LogP) is 4.13. The van der Waals surface area contributed by atoms with Gasteiger partial charge in [-0.25, -0.2) is 4.79 Å². The van der Waals surface area contributed by atoms with Crippen molar-refractivity contribution in [2.45, 2.75) is 45.3 Å². The number of thiophene rings is 1. The van der Waals surface area contributed by atoms with Crippen LogP contribution in [0, 0.1) is 0 Å². The van der Waals surface area contributed by atoms with E-state index in [1.165, 1.54) is 11.3 Å². The molecule has 1 aromatic heterocycles. The van der Waals surface area contributed by atoms with Crippen molar-refractivity contribution >= 4 is 34.7 Å². The maximum absolute atomic E-state index is 11.5. The molecule has 0 aliphatic rings. The van der Waals surface area contributed by atoms with Gasteiger partial charge in [0.1, 0.15) is 9.94 Å². The van der Waals surface area contributed by atoms with Gasteiger partial charge in [0.05, 0.1) is 12.3 Å². The fraction of sp³-hybridized carbons (Fsp3) is 0.667. The third kappa shape index (κ3) is 7.87. The average molecular weight is 349 g/mol. The van der Waals surface area contributed by atoms with Crippen molar-refractivity contribution in [1.29, 1.82) is 0 Å². The summed E-state index contributed by atoms with van der Waals surface area (Å²) in [5.74, 6) is 0. The molecule has 0 aliphatic heterocycles. The standard InChI is InChI=1S/C15H25ClN2O3S/c1-15(2,3)21-14(19)17-8-5-6-11(10-20-4)18-12-7-9-22-13(12)16/h7,9,11,18H,5-6,8,10H2,1-4H3,(H,17,19). The Morgan fingerprint density at radius 1 is 1.45 bits per heavy atom. The van der Waals surface area contributed by atoms with Gasteiger partial charge in [0.2, 0.25) is 0 Å². The van der Waals surface area contributed by atoms with Gasteiger partial charge in [0.15, 0.2) is 0 Å². The zero-order valence-corrected chi connectivity index (χ0v) is 15.1. The van der Waals surface area contributed by atoms with Crippen LogP contribution >= 0.6 is 22.9 Å². The Labute approximate surface area is 141 Å². The number of nitrogens with one attached hydrogen (secondary N) is 2. The summed E-state index contributed by atoms with van der Waals surface area (Å²) in [6.07, 6.45) is 1.29. The highest BCUT2D eigenvalue weighted by Crippen LogP contribution is 2.28. The van der Waals surface area contributed by atoms with E-state index in [9.17, 15) is 4.79 Å². The highest BCUT2D eigenvalue weighted by Gasteiger charge is 2.16. The Morgan fingerprint density at radius 2 is 2.18 bits per heavy atom. The van der Waals surface area contributed by atoms with Crippen LogP contribution in [0.2, 0.25) is 4.34 Å². The van der Waals surface area contributed by atoms with Gasteiger partial charge in [-0.1, -0.05) is 11.6 Å². The van der Waals surface area contributed by atoms with E-state index in [2.05, 4.69) is 10.6 Å². The zero-order chi connectivity index (χ0) is 16.6. The Balaban J connectivity index is 2.30. The minimum Gasteiger partial charge on any atom is -0.444 e. The summed E-state index contributed by atoms with van der Waals surface area (Å²) in [5, 5.41) is 8.06. The third-order valence-electron chi connectivity index (χ3n) is 2.74. The Bertz CT molecular complexity index is 460. The van der Waals surface area contributed by atoms with E-state index in [-0.39, 0.29) is 12.1 Å². The molecule has 22 heavy (non-hydrogen) atoms. The number of hydrogen-bond acceptors (Lipinski definition) is 5. The first-order chi connectivity index (χ1) is 10.3. The van der Waals surface area contributed by atoms with Gasteiger partial charge < -0.3 is 20.1 Å². The smallest absolute Gasteiger partial charge is 0.407 e. The molecule has 1 rings (SSSR count). The molecule has 0 aromatic carbocycles. The van der Waals surface area contributed by atoms with Crippen molar-refractivity contribution in [3.8, 4) is 0 Å². The lowest BCUT2D eigenvalue weighted by Crippen LogP contribution is -2.33. The molecule has 0 aliphatic carbocycles. The van der Waals surface area contributed by atoms with Gasteiger partial charge >= 0.3 is 6.09 Å². The Morgan fingerprint density at radius 3 is 2.73 bits per heavy atom. The molecule has 0 fully saturated rings. The molecule has 0 radical (unpaired) electrons. The van der Waals surface area contributed by atoms with E-state index < -0.39 is 5.60 Å². The summed E-state index contributed by atoms with van der Waals surface area (Å²) >= 11 is 7.58. The number of amides is 1. The lowest BCUT2D eigenvalue weighted by atomic mass is 10.1. The molecule has 1 heterocycles. The van der Waals surface area contributed by atoms with Gasteiger partial charge in [-0.3, -0.25) is 0 Å². The molecule has 0 bridgehead atoms. The van der Waals surface area contributed by atoms with Gasteiger partial charge in [-0.15, -0.1) is 11.3 Å². The van der Waals surface area contributed by atoms with Crippen molar-refractivity contribution in [1.82, 2.24) is 5.32 Å². The van der Waals surface area contributed by atoms with Crippen molar-refractivity contribution < 1.29 is 14.3 Å². The summed E-state index contributed by atoms with van der Waals surface area (Å²) in [5.41, 5.74) is 0.453. The van der Waals surface area contributed by atoms with Crippen LogP contribution in [0.5, 0.6) is 0 Å². The van der Waals surface area contributed by atoms with Gasteiger partial charge in [0.25, 0.3) is 0 Å². The largest absolute Gasteiger partial charge is 0.444 e. The second-order valence-electron chi connectivity index (χ2n) is 5.98. The number of carbonyl (C=O) groups is 1. The van der Waals surface area contributed by atoms with Crippen molar-refractivity contribution in [2.75, 3.05) is 25.6 Å². The Hall–Kier alpha value is -0.980. The second-order valence-corrected chi connectivity index (χ2v) is 7.49. The molecule has 1 atom stereocenters. The topological polar surface area (TPSA) is 59.6 Å². The molecular formula is C15H25ClN2O3S. The highest BCUT2D eigenvalue weighted by atomic mass is 35.5. The summed E-state index contributed by atoms with van der Waals surface area (Å²) in [4.78, 5) is 11.5. The number of ether oxygens (including phenoxy) is 2. The number of anilines is 1. The van der Waals surface area contributed by atoms with E-state index in [0.29, 0.717) is 13.2 Å². The lowest BCUT2D eigenvalue weighted by molar-refractivity contribution is 0.0526. The quantitative estimate of drug-likeness (QED) is 0.693. The molecule has 5 nitrogen and oxygen atoms in total. The minimum atomic E-state index is -0.472. The summed E-state index contributed by atoms with van der Waals surface area (Å²) < 4.78 is 11.2. The van der Waals surface area contributed by atoms with Crippen molar-refractivity contribution in [3.05, 3.63) is 15.8 Å². The van der Waals surface area contributed by atoms with Crippen LogP contribution in [0.4, 0.5) is 10.5 Å². The van der Waals surface area contributed by atoms with Gasteiger partial charge in [-0.2, -0.15) is 0 Å². The van der Waals surface area contributed by atoms with Crippen LogP contribution in [0.3, 0.4) is 0 Å². The number of alkyl carbamates (subject to hydrolysis) is 1. The fourth-order valence-corrected chi connectivity index (χ4v) is 2.72. The molecule has 1 unspecified atom stereocenters. The zero-order valence-electron chi connectivity index (χ0n) is 13.6. The summed E-state index contributed by atoms with van der Waals surface area (Å²) in [6.45, 7) is 6.67. The van der Waals surface area contributed by atoms with Crippen molar-refractivity contribution in [3.63, 3.8) is 0 Å². The van der Waals surface area contributed by atoms with Crippen LogP contribution < -0.4 is 10.6 Å². The van der Waals surface area contributed by atoms with Gasteiger partial charge in [-0.05, 0) is 45.1 Å². The molecule has 0 saturated carbocycles. The number of carbonyl (C=O) groups excluding carboxylic acids is 1. The first kappa shape index (κ1) is 19.1. The lowest BCUT2D eigenvalue weighted by Gasteiger charge is -2.21. The van der Waals surface area contributed by atoms with Crippen LogP contribution in [-0.2, 0) is 9.47 Å². The molecule has 1 aromatic rings. The number of methoxy groups -OCH3 is 1. The predicted molar refractivity (Wildman–Crippen MR) is 92.1 cm³/mol. The maximum atomic E-state index is 11.5. The van der Waals surface area contributed by atoms with E-state index in [1.54, 1.807) is 7.11 Å². The van der Waals surface area contributed by atoms with Crippen molar-refractivity contribution in [2.24, 2.45) is 0 Å². The van der Waals surface area contributed by atoms with E-state index in [1.807, 2.05) is 32.2 Å². The molecule has 0 saturated heterocycles. The molecule has 7 heteroatoms. The SMILES string of the molecule is COCC(CCCNC(=O)OC(C)(C)C)Nc1ccsc1Cl. The van der Waals surface area contributed by atoms with Crippen LogP contribution in [0.1, 0.15) is 33.6 Å². The van der Waals surface area contributed by atoms with E-state index in [4.69, 9.17) is 21.1 Å². The molecule has 0 spiro atoms. The van der Waals surface area contributed by atoms with E-state index in [0.717, 1.165) is 22.9 Å². The fourth-order valence-electron chi connectivity index (χ4n) is 1.87. The number of hydrogen-bond donors (Lipinski definition) is 2. The number of halogens is 1. The first-order valence-electron chi connectivity index (χ1n) is 7.27. The maximum Gasteiger partial charge on any atom is 0.407 e. The summed E-state index contributed by atoms with van der Waals surface area (Å²) in [7, 11) is 1.67.